The molecule has 1 aliphatic carbocycles. The van der Waals surface area contributed by atoms with Gasteiger partial charge in [-0.2, -0.15) is 0 Å². The molecule has 2 heterocycles. The maximum Gasteiger partial charge on any atom is 0.316 e. The summed E-state index contributed by atoms with van der Waals surface area (Å²) in [6.07, 6.45) is 5.17. The van der Waals surface area contributed by atoms with E-state index in [9.17, 15) is 19.2 Å². The van der Waals surface area contributed by atoms with Gasteiger partial charge in [0.15, 0.2) is 0 Å². The number of esters is 1. The lowest BCUT2D eigenvalue weighted by Gasteiger charge is -2.18. The first-order valence-electron chi connectivity index (χ1n) is 11.1. The topological polar surface area (TPSA) is 84.0 Å². The molecular formula is C26H24N2O5. The Hall–Kier alpha value is -3.74. The maximum atomic E-state index is 12.7. The molecule has 0 N–H and O–H groups in total. The standard InChI is InChI=1S/C26H24N2O5/c1-16-6-2-5-9-22(16)27-15-17(14-23(27)29)26(32)33-19-12-10-18(11-13-19)28-24(30)20-7-3-4-8-21(20)25(28)31/h2-6,9-13,17,20-21H,7-8,14-15H2,1H3/t17-,20-,21-/m1/s1. The summed E-state index contributed by atoms with van der Waals surface area (Å²) in [6, 6.07) is 13.9. The molecule has 7 heteroatoms. The van der Waals surface area contributed by atoms with Crippen LogP contribution in [-0.2, 0) is 19.2 Å². The molecule has 2 aliphatic heterocycles. The van der Waals surface area contributed by atoms with E-state index in [4.69, 9.17) is 4.74 Å². The molecule has 5 rings (SSSR count). The lowest BCUT2D eigenvalue weighted by molar-refractivity contribution is -0.139. The predicted octanol–water partition coefficient (Wildman–Crippen LogP) is 3.41. The second-order valence-electron chi connectivity index (χ2n) is 8.77. The van der Waals surface area contributed by atoms with E-state index in [0.29, 0.717) is 24.3 Å². The van der Waals surface area contributed by atoms with Gasteiger partial charge >= 0.3 is 5.97 Å². The zero-order valence-corrected chi connectivity index (χ0v) is 18.3. The Bertz CT molecular complexity index is 1140. The van der Waals surface area contributed by atoms with Gasteiger partial charge in [0.2, 0.25) is 17.7 Å². The van der Waals surface area contributed by atoms with E-state index in [1.54, 1.807) is 29.2 Å². The molecule has 0 bridgehead atoms. The lowest BCUT2D eigenvalue weighted by Crippen LogP contribution is -2.30. The summed E-state index contributed by atoms with van der Waals surface area (Å²) >= 11 is 0. The molecule has 0 saturated carbocycles. The molecule has 33 heavy (non-hydrogen) atoms. The smallest absolute Gasteiger partial charge is 0.316 e. The number of ether oxygens (including phenoxy) is 1. The number of hydrogen-bond acceptors (Lipinski definition) is 5. The molecule has 2 fully saturated rings. The van der Waals surface area contributed by atoms with Gasteiger partial charge in [0, 0.05) is 18.7 Å². The van der Waals surface area contributed by atoms with Crippen LogP contribution in [0.4, 0.5) is 11.4 Å². The van der Waals surface area contributed by atoms with Crippen LogP contribution in [0.1, 0.15) is 24.8 Å². The quantitative estimate of drug-likeness (QED) is 0.312. The van der Waals surface area contributed by atoms with Gasteiger partial charge in [-0.25, -0.2) is 0 Å². The first-order valence-corrected chi connectivity index (χ1v) is 11.1. The fourth-order valence-electron chi connectivity index (χ4n) is 4.88. The third kappa shape index (κ3) is 3.73. The van der Waals surface area contributed by atoms with Gasteiger partial charge in [-0.15, -0.1) is 0 Å². The predicted molar refractivity (Wildman–Crippen MR) is 122 cm³/mol. The highest BCUT2D eigenvalue weighted by Gasteiger charge is 2.47. The number of aryl methyl sites for hydroxylation is 1. The minimum absolute atomic E-state index is 0.0961. The monoisotopic (exact) mass is 444 g/mol. The van der Waals surface area contributed by atoms with Crippen LogP contribution < -0.4 is 14.5 Å². The summed E-state index contributed by atoms with van der Waals surface area (Å²) < 4.78 is 5.51. The van der Waals surface area contributed by atoms with Crippen molar-refractivity contribution in [2.24, 2.45) is 17.8 Å². The number of anilines is 2. The summed E-state index contributed by atoms with van der Waals surface area (Å²) in [5, 5.41) is 0. The van der Waals surface area contributed by atoms with Crippen LogP contribution in [-0.4, -0.2) is 30.2 Å². The fraction of sp³-hybridized carbons (Fsp3) is 0.308. The van der Waals surface area contributed by atoms with E-state index in [-0.39, 0.29) is 42.5 Å². The number of benzene rings is 2. The van der Waals surface area contributed by atoms with Crippen molar-refractivity contribution in [2.45, 2.75) is 26.2 Å². The van der Waals surface area contributed by atoms with Gasteiger partial charge in [0.1, 0.15) is 5.75 Å². The highest BCUT2D eigenvalue weighted by molar-refractivity contribution is 6.22. The molecule has 7 nitrogen and oxygen atoms in total. The lowest BCUT2D eigenvalue weighted by atomic mass is 9.85. The molecule has 168 valence electrons. The average molecular weight is 444 g/mol. The van der Waals surface area contributed by atoms with Gasteiger partial charge in [0.05, 0.1) is 23.4 Å². The van der Waals surface area contributed by atoms with Crippen molar-refractivity contribution in [2.75, 3.05) is 16.3 Å². The number of rotatable bonds is 4. The number of fused-ring (bicyclic) bond motifs is 1. The maximum absolute atomic E-state index is 12.7. The second-order valence-corrected chi connectivity index (χ2v) is 8.77. The minimum Gasteiger partial charge on any atom is -0.426 e. The molecule has 3 aliphatic rings. The molecular weight excluding hydrogens is 420 g/mol. The number of imide groups is 1. The van der Waals surface area contributed by atoms with Crippen LogP contribution in [0.5, 0.6) is 5.75 Å². The van der Waals surface area contributed by atoms with Gasteiger partial charge in [-0.05, 0) is 55.7 Å². The Morgan fingerprint density at radius 1 is 0.909 bits per heavy atom. The Morgan fingerprint density at radius 2 is 1.55 bits per heavy atom. The normalized spacial score (nSPS) is 24.4. The third-order valence-corrected chi connectivity index (χ3v) is 6.69. The number of carbonyl (C=O) groups excluding carboxylic acids is 4. The molecule has 0 spiro atoms. The number of carbonyl (C=O) groups is 4. The highest BCUT2D eigenvalue weighted by Crippen LogP contribution is 2.38. The van der Waals surface area contributed by atoms with Crippen LogP contribution >= 0.6 is 0 Å². The van der Waals surface area contributed by atoms with E-state index < -0.39 is 11.9 Å². The number of allylic oxidation sites excluding steroid dienone is 2. The molecule has 2 saturated heterocycles. The molecule has 3 amide bonds. The summed E-state index contributed by atoms with van der Waals surface area (Å²) in [6.45, 7) is 2.20. The van der Waals surface area contributed by atoms with Gasteiger partial charge in [-0.3, -0.25) is 24.1 Å². The number of hydrogen-bond donors (Lipinski definition) is 0. The Balaban J connectivity index is 1.25. The molecule has 0 radical (unpaired) electrons. The number of nitrogens with zero attached hydrogens (tertiary/aromatic N) is 2. The molecule has 0 unspecified atom stereocenters. The number of para-hydroxylation sites is 1. The van der Waals surface area contributed by atoms with Crippen molar-refractivity contribution in [1.82, 2.24) is 0 Å². The van der Waals surface area contributed by atoms with Crippen molar-refractivity contribution in [3.05, 3.63) is 66.2 Å². The van der Waals surface area contributed by atoms with Crippen molar-refractivity contribution in [1.29, 1.82) is 0 Å². The van der Waals surface area contributed by atoms with Crippen LogP contribution in [0.2, 0.25) is 0 Å². The van der Waals surface area contributed by atoms with Crippen LogP contribution in [0, 0.1) is 24.7 Å². The van der Waals surface area contributed by atoms with E-state index in [1.807, 2.05) is 43.3 Å². The molecule has 2 aromatic carbocycles. The zero-order chi connectivity index (χ0) is 23.1. The SMILES string of the molecule is Cc1ccccc1N1C[C@H](C(=O)Oc2ccc(N3C(=O)[C@@H]4CC=CC[C@H]4C3=O)cc2)CC1=O. The Kier molecular flexibility index (Phi) is 5.32. The van der Waals surface area contributed by atoms with E-state index in [1.165, 1.54) is 4.90 Å². The van der Waals surface area contributed by atoms with Gasteiger partial charge in [0.25, 0.3) is 0 Å². The number of amides is 3. The van der Waals surface area contributed by atoms with Crippen LogP contribution in [0.3, 0.4) is 0 Å². The largest absolute Gasteiger partial charge is 0.426 e. The van der Waals surface area contributed by atoms with Crippen molar-refractivity contribution >= 4 is 35.1 Å². The Morgan fingerprint density at radius 3 is 2.18 bits per heavy atom. The molecule has 0 aromatic heterocycles. The van der Waals surface area contributed by atoms with Crippen molar-refractivity contribution in [3.63, 3.8) is 0 Å². The van der Waals surface area contributed by atoms with E-state index in [2.05, 4.69) is 0 Å². The third-order valence-electron chi connectivity index (χ3n) is 6.69. The Labute approximate surface area is 191 Å². The summed E-state index contributed by atoms with van der Waals surface area (Å²) in [5.74, 6) is -1.79. The first-order chi connectivity index (χ1) is 15.9. The van der Waals surface area contributed by atoms with Gasteiger partial charge in [-0.1, -0.05) is 30.4 Å². The van der Waals surface area contributed by atoms with Crippen LogP contribution in [0.25, 0.3) is 0 Å². The molecule has 2 aromatic rings. The van der Waals surface area contributed by atoms with Gasteiger partial charge < -0.3 is 9.64 Å². The first kappa shape index (κ1) is 21.1. The molecule has 3 atom stereocenters. The van der Waals surface area contributed by atoms with E-state index >= 15 is 0 Å². The van der Waals surface area contributed by atoms with Crippen molar-refractivity contribution in [3.8, 4) is 5.75 Å². The van der Waals surface area contributed by atoms with Crippen molar-refractivity contribution < 1.29 is 23.9 Å². The average Bonchev–Trinajstić information content (AvgIpc) is 3.33. The zero-order valence-electron chi connectivity index (χ0n) is 18.3. The second kappa shape index (κ2) is 8.31. The fourth-order valence-corrected chi connectivity index (χ4v) is 4.88. The summed E-state index contributed by atoms with van der Waals surface area (Å²) in [7, 11) is 0. The summed E-state index contributed by atoms with van der Waals surface area (Å²) in [4.78, 5) is 53.6. The minimum atomic E-state index is -0.561. The van der Waals surface area contributed by atoms with Crippen LogP contribution in [0.15, 0.2) is 60.7 Å². The highest BCUT2D eigenvalue weighted by atomic mass is 16.5. The van der Waals surface area contributed by atoms with E-state index in [0.717, 1.165) is 11.3 Å². The summed E-state index contributed by atoms with van der Waals surface area (Å²) in [5.41, 5.74) is 2.25.